The maximum Gasteiger partial charge on any atom is 0.220 e. The van der Waals surface area contributed by atoms with Crippen LogP contribution < -0.4 is 14.8 Å². The zero-order chi connectivity index (χ0) is 20.1. The molecule has 2 aromatic rings. The number of amides is 1. The van der Waals surface area contributed by atoms with Gasteiger partial charge in [0.05, 0.1) is 23.7 Å². The second-order valence-corrected chi connectivity index (χ2v) is 9.00. The molecule has 1 unspecified atom stereocenters. The van der Waals surface area contributed by atoms with E-state index in [-0.39, 0.29) is 17.4 Å². The van der Waals surface area contributed by atoms with Gasteiger partial charge in [0.15, 0.2) is 0 Å². The molecule has 0 radical (unpaired) electrons. The lowest BCUT2D eigenvalue weighted by atomic mass is 9.87. The van der Waals surface area contributed by atoms with E-state index in [2.05, 4.69) is 54.2 Å². The summed E-state index contributed by atoms with van der Waals surface area (Å²) in [5, 5.41) is 3.13. The number of para-hydroxylation sites is 1. The van der Waals surface area contributed by atoms with Gasteiger partial charge in [0.25, 0.3) is 0 Å². The summed E-state index contributed by atoms with van der Waals surface area (Å²) in [5.74, 6) is 1.73. The largest absolute Gasteiger partial charge is 0.493 e. The van der Waals surface area contributed by atoms with E-state index in [9.17, 15) is 4.79 Å². The summed E-state index contributed by atoms with van der Waals surface area (Å²) in [6.45, 7) is 7.69. The van der Waals surface area contributed by atoms with Gasteiger partial charge in [-0.15, -0.1) is 0 Å². The summed E-state index contributed by atoms with van der Waals surface area (Å²) in [7, 11) is 0. The second-order valence-electron chi connectivity index (χ2n) is 8.14. The van der Waals surface area contributed by atoms with Crippen molar-refractivity contribution in [2.24, 2.45) is 0 Å². The highest BCUT2D eigenvalue weighted by atomic mass is 79.9. The lowest BCUT2D eigenvalue weighted by molar-refractivity contribution is -0.122. The van der Waals surface area contributed by atoms with Crippen LogP contribution in [0.4, 0.5) is 0 Å². The van der Waals surface area contributed by atoms with Gasteiger partial charge < -0.3 is 14.8 Å². The van der Waals surface area contributed by atoms with E-state index in [0.29, 0.717) is 26.1 Å². The number of carbonyl (C=O) groups excluding carboxylic acids is 1. The Balaban J connectivity index is 1.45. The molecule has 1 aliphatic heterocycles. The van der Waals surface area contributed by atoms with Gasteiger partial charge in [0.2, 0.25) is 5.91 Å². The number of benzene rings is 2. The summed E-state index contributed by atoms with van der Waals surface area (Å²) < 4.78 is 12.4. The van der Waals surface area contributed by atoms with Crippen molar-refractivity contribution >= 4 is 21.8 Å². The number of hydrogen-bond acceptors (Lipinski definition) is 3. The molecule has 28 heavy (non-hydrogen) atoms. The van der Waals surface area contributed by atoms with E-state index in [1.165, 1.54) is 5.56 Å². The quantitative estimate of drug-likeness (QED) is 0.593. The molecule has 150 valence electrons. The summed E-state index contributed by atoms with van der Waals surface area (Å²) in [5.41, 5.74) is 2.41. The van der Waals surface area contributed by atoms with Gasteiger partial charge >= 0.3 is 0 Å². The van der Waals surface area contributed by atoms with Gasteiger partial charge in [-0.05, 0) is 51.5 Å². The second kappa shape index (κ2) is 8.99. The van der Waals surface area contributed by atoms with Crippen LogP contribution in [0.5, 0.6) is 11.5 Å². The Labute approximate surface area is 175 Å². The maximum absolute atomic E-state index is 12.3. The Morgan fingerprint density at radius 2 is 2.04 bits per heavy atom. The predicted molar refractivity (Wildman–Crippen MR) is 115 cm³/mol. The minimum atomic E-state index is 0.0254. The fourth-order valence-corrected chi connectivity index (χ4v) is 3.75. The van der Waals surface area contributed by atoms with Gasteiger partial charge in [-0.1, -0.05) is 45.0 Å². The third-order valence-electron chi connectivity index (χ3n) is 4.90. The molecule has 0 saturated heterocycles. The Morgan fingerprint density at radius 1 is 1.25 bits per heavy atom. The highest BCUT2D eigenvalue weighted by molar-refractivity contribution is 9.10. The van der Waals surface area contributed by atoms with E-state index in [4.69, 9.17) is 9.47 Å². The van der Waals surface area contributed by atoms with Crippen molar-refractivity contribution in [1.82, 2.24) is 5.32 Å². The third-order valence-corrected chi connectivity index (χ3v) is 5.52. The van der Waals surface area contributed by atoms with Gasteiger partial charge in [0.1, 0.15) is 11.5 Å². The van der Waals surface area contributed by atoms with E-state index in [0.717, 1.165) is 28.0 Å². The molecule has 0 fully saturated rings. The van der Waals surface area contributed by atoms with Crippen LogP contribution in [0.3, 0.4) is 0 Å². The number of rotatable bonds is 6. The van der Waals surface area contributed by atoms with Crippen molar-refractivity contribution in [1.29, 1.82) is 0 Å². The van der Waals surface area contributed by atoms with Gasteiger partial charge in [0, 0.05) is 18.4 Å². The lowest BCUT2D eigenvalue weighted by Crippen LogP contribution is -2.32. The van der Waals surface area contributed by atoms with Crippen LogP contribution in [-0.4, -0.2) is 19.1 Å². The van der Waals surface area contributed by atoms with Crippen molar-refractivity contribution in [3.8, 4) is 11.5 Å². The van der Waals surface area contributed by atoms with Gasteiger partial charge in [-0.25, -0.2) is 0 Å². The summed E-state index contributed by atoms with van der Waals surface area (Å²) in [4.78, 5) is 12.3. The first-order valence-electron chi connectivity index (χ1n) is 9.78. The molecule has 1 N–H and O–H groups in total. The molecule has 0 aliphatic carbocycles. The zero-order valence-corrected chi connectivity index (χ0v) is 18.3. The Morgan fingerprint density at radius 3 is 2.79 bits per heavy atom. The summed E-state index contributed by atoms with van der Waals surface area (Å²) >= 11 is 3.59. The van der Waals surface area contributed by atoms with Crippen LogP contribution >= 0.6 is 15.9 Å². The molecule has 1 amide bonds. The molecule has 2 aromatic carbocycles. The zero-order valence-electron chi connectivity index (χ0n) is 16.8. The first-order chi connectivity index (χ1) is 13.3. The number of carbonyl (C=O) groups is 1. The van der Waals surface area contributed by atoms with Crippen molar-refractivity contribution < 1.29 is 14.3 Å². The first kappa shape index (κ1) is 20.7. The Kier molecular flexibility index (Phi) is 6.65. The van der Waals surface area contributed by atoms with E-state index in [1.54, 1.807) is 0 Å². The van der Waals surface area contributed by atoms with E-state index in [1.807, 2.05) is 30.3 Å². The van der Waals surface area contributed by atoms with Crippen molar-refractivity contribution in [2.75, 3.05) is 13.2 Å². The average Bonchev–Trinajstić information content (AvgIpc) is 2.66. The molecule has 1 aliphatic rings. The highest BCUT2D eigenvalue weighted by Crippen LogP contribution is 2.32. The standard InChI is InChI=1S/C23H28BrNO3/c1-23(2,3)16-10-11-21(18(24)15-16)27-13-6-9-22(26)25-19-12-14-28-20-8-5-4-7-17(19)20/h4-5,7-8,10-11,15,19H,6,9,12-14H2,1-3H3,(H,25,26). The summed E-state index contributed by atoms with van der Waals surface area (Å²) in [6.07, 6.45) is 1.91. The van der Waals surface area contributed by atoms with Gasteiger partial charge in [-0.2, -0.15) is 0 Å². The van der Waals surface area contributed by atoms with Crippen LogP contribution in [-0.2, 0) is 10.2 Å². The van der Waals surface area contributed by atoms with Crippen molar-refractivity contribution in [2.45, 2.75) is 51.5 Å². The normalized spacial score (nSPS) is 16.1. The third kappa shape index (κ3) is 5.28. The topological polar surface area (TPSA) is 47.6 Å². The van der Waals surface area contributed by atoms with E-state index >= 15 is 0 Å². The molecule has 5 heteroatoms. The molecule has 1 heterocycles. The average molecular weight is 446 g/mol. The molecule has 0 spiro atoms. The first-order valence-corrected chi connectivity index (χ1v) is 10.6. The Hall–Kier alpha value is -2.01. The summed E-state index contributed by atoms with van der Waals surface area (Å²) in [6, 6.07) is 14.1. The van der Waals surface area contributed by atoms with Crippen LogP contribution in [0.1, 0.15) is 57.2 Å². The number of nitrogens with one attached hydrogen (secondary N) is 1. The van der Waals surface area contributed by atoms with Crippen LogP contribution in [0.25, 0.3) is 0 Å². The number of hydrogen-bond donors (Lipinski definition) is 1. The molecule has 0 bridgehead atoms. The van der Waals surface area contributed by atoms with Crippen molar-refractivity contribution in [3.05, 3.63) is 58.1 Å². The molecular formula is C23H28BrNO3. The number of halogens is 1. The molecule has 0 saturated carbocycles. The molecule has 4 nitrogen and oxygen atoms in total. The number of fused-ring (bicyclic) bond motifs is 1. The maximum atomic E-state index is 12.3. The van der Waals surface area contributed by atoms with Crippen molar-refractivity contribution in [3.63, 3.8) is 0 Å². The fourth-order valence-electron chi connectivity index (χ4n) is 3.26. The molecule has 0 aromatic heterocycles. The van der Waals surface area contributed by atoms with Gasteiger partial charge in [-0.3, -0.25) is 4.79 Å². The molecule has 1 atom stereocenters. The minimum absolute atomic E-state index is 0.0254. The minimum Gasteiger partial charge on any atom is -0.493 e. The lowest BCUT2D eigenvalue weighted by Gasteiger charge is -2.26. The van der Waals surface area contributed by atoms with Crippen LogP contribution in [0.2, 0.25) is 0 Å². The number of ether oxygens (including phenoxy) is 2. The monoisotopic (exact) mass is 445 g/mol. The molecule has 3 rings (SSSR count). The SMILES string of the molecule is CC(C)(C)c1ccc(OCCCC(=O)NC2CCOc3ccccc32)c(Br)c1. The molecular weight excluding hydrogens is 418 g/mol. The predicted octanol–water partition coefficient (Wildman–Crippen LogP) is 5.55. The van der Waals surface area contributed by atoms with Crippen LogP contribution in [0, 0.1) is 0 Å². The highest BCUT2D eigenvalue weighted by Gasteiger charge is 2.22. The Bertz CT molecular complexity index is 829. The fraction of sp³-hybridized carbons (Fsp3) is 0.435. The van der Waals surface area contributed by atoms with Crippen LogP contribution in [0.15, 0.2) is 46.9 Å². The van der Waals surface area contributed by atoms with E-state index < -0.39 is 0 Å². The smallest absolute Gasteiger partial charge is 0.220 e.